The summed E-state index contributed by atoms with van der Waals surface area (Å²) in [4.78, 5) is 12.9. The van der Waals surface area contributed by atoms with Gasteiger partial charge in [0.1, 0.15) is 16.5 Å². The van der Waals surface area contributed by atoms with Crippen molar-refractivity contribution >= 4 is 58.0 Å². The van der Waals surface area contributed by atoms with Gasteiger partial charge in [0, 0.05) is 5.56 Å². The number of para-hydroxylation sites is 1. The van der Waals surface area contributed by atoms with Crippen molar-refractivity contribution in [3.63, 3.8) is 0 Å². The van der Waals surface area contributed by atoms with Gasteiger partial charge in [0.2, 0.25) is 0 Å². The van der Waals surface area contributed by atoms with Gasteiger partial charge in [-0.1, -0.05) is 91.2 Å². The van der Waals surface area contributed by atoms with Gasteiger partial charge in [-0.15, -0.1) is 0 Å². The van der Waals surface area contributed by atoms with E-state index in [0.29, 0.717) is 17.1 Å². The van der Waals surface area contributed by atoms with Gasteiger partial charge in [0.25, 0.3) is 0 Å². The second-order valence-electron chi connectivity index (χ2n) is 7.93. The van der Waals surface area contributed by atoms with Crippen molar-refractivity contribution in [2.75, 3.05) is 0 Å². The van der Waals surface area contributed by atoms with Gasteiger partial charge in [-0.2, -0.15) is 0 Å². The molecule has 4 nitrogen and oxygen atoms in total. The smallest absolute Gasteiger partial charge is 0.310 e. The van der Waals surface area contributed by atoms with Crippen LogP contribution in [0.2, 0.25) is 0 Å². The van der Waals surface area contributed by atoms with Crippen LogP contribution in [0.5, 0.6) is 11.5 Å². The first-order chi connectivity index (χ1) is 14.0. The quantitative estimate of drug-likeness (QED) is 0.279. The molecule has 1 aliphatic rings. The minimum Gasteiger partial charge on any atom is -0.457 e. The van der Waals surface area contributed by atoms with Crippen LogP contribution in [0.4, 0.5) is 0 Å². The monoisotopic (exact) mass is 485 g/mol. The molecule has 0 aromatic heterocycles. The van der Waals surface area contributed by atoms with Gasteiger partial charge in [-0.25, -0.2) is 0 Å². The van der Waals surface area contributed by atoms with Crippen LogP contribution in [0.1, 0.15) is 31.9 Å². The Kier molecular flexibility index (Phi) is 6.87. The van der Waals surface area contributed by atoms with E-state index in [2.05, 4.69) is 0 Å². The van der Waals surface area contributed by atoms with Gasteiger partial charge in [-0.3, -0.25) is 4.79 Å². The molecule has 0 saturated heterocycles. The van der Waals surface area contributed by atoms with Crippen LogP contribution in [-0.2, 0) is 9.53 Å². The molecule has 0 amide bonds. The van der Waals surface area contributed by atoms with E-state index in [1.165, 1.54) is 0 Å². The summed E-state index contributed by atoms with van der Waals surface area (Å²) in [5.41, 5.74) is 6.19. The summed E-state index contributed by atoms with van der Waals surface area (Å²) in [6.07, 6.45) is -0.612. The molecule has 1 saturated carbocycles. The van der Waals surface area contributed by atoms with Crippen LogP contribution in [0.15, 0.2) is 54.6 Å². The van der Waals surface area contributed by atoms with Crippen LogP contribution in [0.25, 0.3) is 0 Å². The number of esters is 1. The maximum atomic E-state index is 12.9. The third-order valence-corrected chi connectivity index (χ3v) is 6.06. The van der Waals surface area contributed by atoms with E-state index < -0.39 is 21.8 Å². The first kappa shape index (κ1) is 23.1. The van der Waals surface area contributed by atoms with E-state index in [-0.39, 0.29) is 22.7 Å². The average Bonchev–Trinajstić information content (AvgIpc) is 3.18. The standard InChI is InChI=1S/C22H22Cl3NO3S/c1-21(2)16(12-22(23,24)25)17(21)20(27)29-18(19(26)30)13-7-6-10-15(11-13)28-14-8-4-3-5-9-14/h3-11,16-18H,12H2,1-2H3,(H2,26,30)/t16-,17-,18?/m0/s1. The summed E-state index contributed by atoms with van der Waals surface area (Å²) in [6.45, 7) is 3.90. The topological polar surface area (TPSA) is 61.5 Å². The largest absolute Gasteiger partial charge is 0.457 e. The number of alkyl halides is 3. The molecule has 0 heterocycles. The number of hydrogen-bond donors (Lipinski definition) is 1. The number of benzene rings is 2. The van der Waals surface area contributed by atoms with E-state index in [1.54, 1.807) is 24.3 Å². The molecule has 3 atom stereocenters. The van der Waals surface area contributed by atoms with Gasteiger partial charge in [0.15, 0.2) is 9.90 Å². The Bertz CT molecular complexity index is 931. The minimum absolute atomic E-state index is 0.0524. The molecule has 0 aliphatic heterocycles. The molecular formula is C22H22Cl3NO3S. The second kappa shape index (κ2) is 8.91. The van der Waals surface area contributed by atoms with Gasteiger partial charge < -0.3 is 15.2 Å². The second-order valence-corrected chi connectivity index (χ2v) is 10.9. The summed E-state index contributed by atoms with van der Waals surface area (Å²) < 4.78 is 10.1. The van der Waals surface area contributed by atoms with Crippen molar-refractivity contribution in [2.45, 2.75) is 30.2 Å². The summed E-state index contributed by atoms with van der Waals surface area (Å²) >= 11 is 22.9. The highest BCUT2D eigenvalue weighted by Gasteiger charge is 2.64. The fraction of sp³-hybridized carbons (Fsp3) is 0.364. The highest BCUT2D eigenvalue weighted by atomic mass is 35.6. The maximum Gasteiger partial charge on any atom is 0.310 e. The number of thiocarbonyl (C=S) groups is 1. The first-order valence-corrected chi connectivity index (χ1v) is 10.9. The van der Waals surface area contributed by atoms with Crippen molar-refractivity contribution in [3.8, 4) is 11.5 Å². The van der Waals surface area contributed by atoms with E-state index in [4.69, 9.17) is 62.2 Å². The van der Waals surface area contributed by atoms with E-state index in [0.717, 1.165) is 0 Å². The highest BCUT2D eigenvalue weighted by molar-refractivity contribution is 7.80. The molecule has 2 aromatic rings. The number of hydrogen-bond acceptors (Lipinski definition) is 4. The molecule has 0 radical (unpaired) electrons. The lowest BCUT2D eigenvalue weighted by molar-refractivity contribution is -0.149. The highest BCUT2D eigenvalue weighted by Crippen LogP contribution is 2.63. The van der Waals surface area contributed by atoms with Crippen molar-refractivity contribution in [1.29, 1.82) is 0 Å². The average molecular weight is 487 g/mol. The third kappa shape index (κ3) is 5.58. The summed E-state index contributed by atoms with van der Waals surface area (Å²) in [5, 5.41) is 0. The summed E-state index contributed by atoms with van der Waals surface area (Å²) in [6, 6.07) is 16.5. The van der Waals surface area contributed by atoms with Crippen LogP contribution in [0.3, 0.4) is 0 Å². The Morgan fingerprint density at radius 1 is 1.13 bits per heavy atom. The van der Waals surface area contributed by atoms with Crippen molar-refractivity contribution in [1.82, 2.24) is 0 Å². The predicted molar refractivity (Wildman–Crippen MR) is 124 cm³/mol. The van der Waals surface area contributed by atoms with Gasteiger partial charge in [-0.05, 0) is 42.0 Å². The van der Waals surface area contributed by atoms with Crippen molar-refractivity contribution < 1.29 is 14.3 Å². The molecule has 1 unspecified atom stereocenters. The zero-order valence-corrected chi connectivity index (χ0v) is 19.6. The molecule has 1 fully saturated rings. The third-order valence-electron chi connectivity index (χ3n) is 5.39. The molecule has 3 rings (SSSR count). The summed E-state index contributed by atoms with van der Waals surface area (Å²) in [5.74, 6) is 0.363. The molecule has 0 bridgehead atoms. The van der Waals surface area contributed by atoms with E-state index in [1.807, 2.05) is 44.2 Å². The number of ether oxygens (including phenoxy) is 2. The minimum atomic E-state index is -1.43. The fourth-order valence-corrected chi connectivity index (χ4v) is 4.37. The normalized spacial score (nSPS) is 20.8. The van der Waals surface area contributed by atoms with E-state index >= 15 is 0 Å². The zero-order valence-electron chi connectivity index (χ0n) is 16.5. The summed E-state index contributed by atoms with van der Waals surface area (Å²) in [7, 11) is 0. The lowest BCUT2D eigenvalue weighted by atomic mass is 10.1. The number of carbonyl (C=O) groups excluding carboxylic acids is 1. The Balaban J connectivity index is 1.75. The molecule has 0 spiro atoms. The Morgan fingerprint density at radius 2 is 1.77 bits per heavy atom. The lowest BCUT2D eigenvalue weighted by Gasteiger charge is -2.18. The Morgan fingerprint density at radius 3 is 2.37 bits per heavy atom. The van der Waals surface area contributed by atoms with Crippen LogP contribution in [-0.4, -0.2) is 14.8 Å². The van der Waals surface area contributed by atoms with E-state index in [9.17, 15) is 4.79 Å². The first-order valence-electron chi connectivity index (χ1n) is 9.38. The lowest BCUT2D eigenvalue weighted by Crippen LogP contribution is -2.26. The Labute approximate surface area is 196 Å². The number of carbonyl (C=O) groups is 1. The molecule has 2 aromatic carbocycles. The predicted octanol–water partition coefficient (Wildman–Crippen LogP) is 6.38. The van der Waals surface area contributed by atoms with Crippen molar-refractivity contribution in [2.24, 2.45) is 23.0 Å². The Hall–Kier alpha value is -1.53. The molecular weight excluding hydrogens is 465 g/mol. The molecule has 2 N–H and O–H groups in total. The fourth-order valence-electron chi connectivity index (χ4n) is 3.69. The molecule has 1 aliphatic carbocycles. The molecule has 160 valence electrons. The molecule has 30 heavy (non-hydrogen) atoms. The number of rotatable bonds is 7. The van der Waals surface area contributed by atoms with Crippen molar-refractivity contribution in [3.05, 3.63) is 60.2 Å². The van der Waals surface area contributed by atoms with Gasteiger partial charge >= 0.3 is 5.97 Å². The SMILES string of the molecule is CC1(C)[C@H](C(=O)OC(C(N)=S)c2cccc(Oc3ccccc3)c2)[C@@H]1CC(Cl)(Cl)Cl. The number of nitrogens with two attached hydrogens (primary N) is 1. The van der Waals surface area contributed by atoms with Crippen LogP contribution in [0, 0.1) is 17.3 Å². The van der Waals surface area contributed by atoms with Crippen LogP contribution >= 0.6 is 47.0 Å². The molecule has 8 heteroatoms. The maximum absolute atomic E-state index is 12.9. The van der Waals surface area contributed by atoms with Crippen LogP contribution < -0.4 is 10.5 Å². The van der Waals surface area contributed by atoms with Gasteiger partial charge in [0.05, 0.1) is 5.92 Å². The zero-order chi connectivity index (χ0) is 22.1. The number of halogens is 3.